The molecule has 0 unspecified atom stereocenters. The highest BCUT2D eigenvalue weighted by Gasteiger charge is 2.25. The normalized spacial score (nSPS) is 12.5. The van der Waals surface area contributed by atoms with Gasteiger partial charge in [-0.2, -0.15) is 0 Å². The summed E-state index contributed by atoms with van der Waals surface area (Å²) in [6.45, 7) is 9.11. The molecule has 0 spiro atoms. The number of aryl methyl sites for hydroxylation is 3. The van der Waals surface area contributed by atoms with Crippen molar-refractivity contribution in [3.05, 3.63) is 70.9 Å². The Bertz CT molecular complexity index is 1600. The minimum atomic E-state index is 1.30. The van der Waals surface area contributed by atoms with Gasteiger partial charge in [-0.3, -0.25) is 0 Å². The Labute approximate surface area is 164 Å². The average Bonchev–Trinajstić information content (AvgIpc) is 3.05. The Morgan fingerprint density at radius 2 is 1.43 bits per heavy atom. The zero-order chi connectivity index (χ0) is 19.3. The highest BCUT2D eigenvalue weighted by atomic mass is 15.0. The van der Waals surface area contributed by atoms with Gasteiger partial charge in [0.25, 0.3) is 0 Å². The van der Waals surface area contributed by atoms with Gasteiger partial charge < -0.3 is 4.40 Å². The van der Waals surface area contributed by atoms with E-state index in [0.717, 1.165) is 0 Å². The third-order valence-electron chi connectivity index (χ3n) is 7.05. The summed E-state index contributed by atoms with van der Waals surface area (Å²) < 4.78 is 4.84. The smallest absolute Gasteiger partial charge is 0.224 e. The number of fused-ring (bicyclic) bond motifs is 6. The molecule has 0 atom stereocenters. The van der Waals surface area contributed by atoms with Crippen LogP contribution < -0.4 is 4.57 Å². The second kappa shape index (κ2) is 5.02. The van der Waals surface area contributed by atoms with Crippen LogP contribution in [0.3, 0.4) is 0 Å². The van der Waals surface area contributed by atoms with Gasteiger partial charge in [-0.25, -0.2) is 4.57 Å². The monoisotopic (exact) mass is 363 g/mol. The number of hydrogen-bond donors (Lipinski definition) is 0. The zero-order valence-electron chi connectivity index (χ0n) is 17.0. The Kier molecular flexibility index (Phi) is 2.85. The molecule has 3 aromatic carbocycles. The first-order chi connectivity index (χ1) is 13.5. The Hall–Kier alpha value is -3.13. The quantitative estimate of drug-likeness (QED) is 0.176. The summed E-state index contributed by atoms with van der Waals surface area (Å²) in [6.07, 6.45) is 2.20. The summed E-state index contributed by atoms with van der Waals surface area (Å²) in [5.41, 5.74) is 10.9. The lowest BCUT2D eigenvalue weighted by Gasteiger charge is -2.18. The van der Waals surface area contributed by atoms with Gasteiger partial charge in [0.2, 0.25) is 5.52 Å². The summed E-state index contributed by atoms with van der Waals surface area (Å²) in [6, 6.07) is 15.7. The highest BCUT2D eigenvalue weighted by Crippen LogP contribution is 2.42. The largest absolute Gasteiger partial charge is 0.307 e. The molecule has 0 radical (unpaired) electrons. The van der Waals surface area contributed by atoms with Crippen molar-refractivity contribution in [1.29, 1.82) is 0 Å². The minimum Gasteiger partial charge on any atom is -0.307 e. The van der Waals surface area contributed by atoms with E-state index >= 15 is 0 Å². The molecular weight excluding hydrogens is 340 g/mol. The van der Waals surface area contributed by atoms with E-state index in [1.54, 1.807) is 0 Å². The van der Waals surface area contributed by atoms with Crippen LogP contribution in [0.1, 0.15) is 22.3 Å². The van der Waals surface area contributed by atoms with Crippen molar-refractivity contribution in [2.75, 3.05) is 0 Å². The van der Waals surface area contributed by atoms with E-state index in [9.17, 15) is 0 Å². The van der Waals surface area contributed by atoms with Crippen LogP contribution in [0.5, 0.6) is 0 Å². The molecule has 136 valence electrons. The van der Waals surface area contributed by atoms with Crippen molar-refractivity contribution in [3.63, 3.8) is 0 Å². The molecule has 0 aliphatic carbocycles. The van der Waals surface area contributed by atoms with E-state index in [2.05, 4.69) is 92.4 Å². The fourth-order valence-electron chi connectivity index (χ4n) is 5.30. The fourth-order valence-corrected chi connectivity index (χ4v) is 5.30. The van der Waals surface area contributed by atoms with Gasteiger partial charge in [-0.1, -0.05) is 30.3 Å². The predicted molar refractivity (Wildman–Crippen MR) is 119 cm³/mol. The van der Waals surface area contributed by atoms with E-state index in [-0.39, 0.29) is 0 Å². The van der Waals surface area contributed by atoms with E-state index in [0.29, 0.717) is 0 Å². The van der Waals surface area contributed by atoms with E-state index in [1.165, 1.54) is 71.3 Å². The van der Waals surface area contributed by atoms with Gasteiger partial charge in [0.05, 0.1) is 27.3 Å². The topological polar surface area (TPSA) is 8.29 Å². The van der Waals surface area contributed by atoms with Gasteiger partial charge in [-0.05, 0) is 61.4 Å². The molecule has 28 heavy (non-hydrogen) atoms. The van der Waals surface area contributed by atoms with Gasteiger partial charge in [-0.15, -0.1) is 0 Å². The molecule has 6 aromatic rings. The first kappa shape index (κ1) is 15.9. The third kappa shape index (κ3) is 1.63. The lowest BCUT2D eigenvalue weighted by atomic mass is 9.91. The van der Waals surface area contributed by atoms with Crippen molar-refractivity contribution >= 4 is 49.0 Å². The number of nitrogens with zero attached hydrogens (tertiary/aromatic N) is 2. The molecule has 0 bridgehead atoms. The van der Waals surface area contributed by atoms with Crippen LogP contribution in [0.2, 0.25) is 0 Å². The summed E-state index contributed by atoms with van der Waals surface area (Å²) in [7, 11) is 2.18. The predicted octanol–water partition coefficient (Wildman–Crippen LogP) is 6.05. The van der Waals surface area contributed by atoms with Crippen molar-refractivity contribution in [3.8, 4) is 0 Å². The third-order valence-corrected chi connectivity index (χ3v) is 7.05. The zero-order valence-corrected chi connectivity index (χ0v) is 17.0. The van der Waals surface area contributed by atoms with Gasteiger partial charge in [0.15, 0.2) is 6.20 Å². The van der Waals surface area contributed by atoms with Crippen LogP contribution in [0.25, 0.3) is 49.0 Å². The van der Waals surface area contributed by atoms with E-state index in [1.807, 2.05) is 0 Å². The Morgan fingerprint density at radius 3 is 2.25 bits per heavy atom. The molecule has 6 rings (SSSR count). The van der Waals surface area contributed by atoms with Gasteiger partial charge in [0, 0.05) is 16.8 Å². The first-order valence-corrected chi connectivity index (χ1v) is 9.96. The molecule has 2 nitrogen and oxygen atoms in total. The van der Waals surface area contributed by atoms with E-state index in [4.69, 9.17) is 0 Å². The van der Waals surface area contributed by atoms with Crippen molar-refractivity contribution in [2.45, 2.75) is 27.7 Å². The molecule has 0 amide bonds. The summed E-state index contributed by atoms with van der Waals surface area (Å²) >= 11 is 0. The number of rotatable bonds is 0. The van der Waals surface area contributed by atoms with Crippen LogP contribution in [0.4, 0.5) is 0 Å². The number of benzene rings is 3. The average molecular weight is 363 g/mol. The number of aromatic nitrogens is 2. The molecule has 3 heterocycles. The maximum Gasteiger partial charge on any atom is 0.224 e. The summed E-state index contributed by atoms with van der Waals surface area (Å²) in [4.78, 5) is 0. The Morgan fingerprint density at radius 1 is 0.679 bits per heavy atom. The minimum absolute atomic E-state index is 1.30. The van der Waals surface area contributed by atoms with Crippen molar-refractivity contribution < 1.29 is 4.57 Å². The van der Waals surface area contributed by atoms with Crippen LogP contribution >= 0.6 is 0 Å². The van der Waals surface area contributed by atoms with Gasteiger partial charge in [0.1, 0.15) is 7.05 Å². The lowest BCUT2D eigenvalue weighted by molar-refractivity contribution is -0.643. The second-order valence-electron chi connectivity index (χ2n) is 8.28. The van der Waals surface area contributed by atoms with Crippen LogP contribution in [0.15, 0.2) is 48.7 Å². The standard InChI is InChI=1S/C26H23N2/c1-14-15(2)17(4)24-22(16(14)3)26-23-18(12-13-27(26)5)10-11-20-19-8-6-7-9-21(19)28(24)25(20)23/h6-13H,1-5H3/q+1. The maximum atomic E-state index is 2.53. The second-order valence-corrected chi connectivity index (χ2v) is 8.28. The molecule has 0 aliphatic heterocycles. The molecule has 3 aromatic heterocycles. The highest BCUT2D eigenvalue weighted by molar-refractivity contribution is 6.27. The molecule has 0 saturated heterocycles. The maximum absolute atomic E-state index is 2.53. The summed E-state index contributed by atoms with van der Waals surface area (Å²) in [5.74, 6) is 0. The van der Waals surface area contributed by atoms with Crippen LogP contribution in [0, 0.1) is 27.7 Å². The number of pyridine rings is 2. The molecular formula is C26H23N2+. The van der Waals surface area contributed by atoms with Crippen molar-refractivity contribution in [1.82, 2.24) is 4.40 Å². The summed E-state index contributed by atoms with van der Waals surface area (Å²) in [5, 5.41) is 6.74. The number of hydrogen-bond acceptors (Lipinski definition) is 0. The fraction of sp³-hybridized carbons (Fsp3) is 0.192. The molecule has 0 saturated carbocycles. The first-order valence-electron chi connectivity index (χ1n) is 9.96. The molecule has 0 aliphatic rings. The Balaban J connectivity index is 2.19. The molecule has 2 heteroatoms. The molecule has 0 fully saturated rings. The van der Waals surface area contributed by atoms with Gasteiger partial charge >= 0.3 is 0 Å². The van der Waals surface area contributed by atoms with Crippen molar-refractivity contribution in [2.24, 2.45) is 7.05 Å². The van der Waals surface area contributed by atoms with Crippen LogP contribution in [-0.2, 0) is 7.05 Å². The van der Waals surface area contributed by atoms with Crippen LogP contribution in [-0.4, -0.2) is 4.40 Å². The van der Waals surface area contributed by atoms with E-state index < -0.39 is 0 Å². The SMILES string of the molecule is Cc1c(C)c(C)c2c(c1C)c1c3c(ccc4c5ccccc5n2c43)cc[n+]1C. The lowest BCUT2D eigenvalue weighted by Crippen LogP contribution is -2.29. The molecule has 0 N–H and O–H groups in total. The number of para-hydroxylation sites is 1.